The number of hydrogen-bond donors (Lipinski definition) is 3. The summed E-state index contributed by atoms with van der Waals surface area (Å²) in [6.45, 7) is 1.94. The van der Waals surface area contributed by atoms with E-state index in [1.807, 2.05) is 55.5 Å². The number of allylic oxidation sites excluding steroid dienone is 2. The van der Waals surface area contributed by atoms with Crippen molar-refractivity contribution < 1.29 is 29.1 Å². The Balaban J connectivity index is 1.45. The van der Waals surface area contributed by atoms with E-state index in [0.29, 0.717) is 21.7 Å². The first kappa shape index (κ1) is 27.6. The summed E-state index contributed by atoms with van der Waals surface area (Å²) in [5, 5.41) is 11.7. The van der Waals surface area contributed by atoms with Gasteiger partial charge in [0.15, 0.2) is 0 Å². The van der Waals surface area contributed by atoms with Crippen molar-refractivity contribution in [3.8, 4) is 5.75 Å². The maximum absolute atomic E-state index is 14.9. The number of carbonyl (C=O) groups excluding carboxylic acids is 5. The second-order valence-corrected chi connectivity index (χ2v) is 12.0. The monoisotopic (exact) mass is 590 g/mol. The van der Waals surface area contributed by atoms with Crippen molar-refractivity contribution >= 4 is 35.3 Å². The van der Waals surface area contributed by atoms with Crippen molar-refractivity contribution in [2.75, 3.05) is 5.43 Å². The number of phenolic OH excluding ortho intramolecular Hbond substituents is 1. The summed E-state index contributed by atoms with van der Waals surface area (Å²) in [4.78, 5) is 68.9. The molecular weight excluding hydrogens is 560 g/mol. The lowest BCUT2D eigenvalue weighted by molar-refractivity contribution is -0.139. The molecule has 10 nitrogen and oxygen atoms in total. The smallest absolute Gasteiger partial charge is 0.328 e. The lowest BCUT2D eigenvalue weighted by atomic mass is 9.49. The van der Waals surface area contributed by atoms with Gasteiger partial charge in [-0.15, -0.1) is 0 Å². The van der Waals surface area contributed by atoms with Crippen LogP contribution in [0.4, 0.5) is 10.5 Å². The highest BCUT2D eigenvalue weighted by Crippen LogP contribution is 2.64. The Hall–Kier alpha value is -5.25. The molecule has 0 spiro atoms. The van der Waals surface area contributed by atoms with Crippen LogP contribution in [0.15, 0.2) is 90.5 Å². The lowest BCUT2D eigenvalue weighted by Crippen LogP contribution is -2.53. The lowest BCUT2D eigenvalue weighted by Gasteiger charge is -2.50. The van der Waals surface area contributed by atoms with Gasteiger partial charge in [0.1, 0.15) is 5.75 Å². The molecule has 0 aromatic heterocycles. The topological polar surface area (TPSA) is 150 Å². The van der Waals surface area contributed by atoms with E-state index < -0.39 is 64.7 Å². The van der Waals surface area contributed by atoms with Crippen LogP contribution in [0, 0.1) is 30.6 Å². The van der Waals surface area contributed by atoms with Gasteiger partial charge >= 0.3 is 6.03 Å². The van der Waals surface area contributed by atoms with Gasteiger partial charge < -0.3 is 10.8 Å². The molecule has 7 rings (SSSR count). The van der Waals surface area contributed by atoms with Crippen LogP contribution in [0.5, 0.6) is 5.75 Å². The molecule has 1 saturated carbocycles. The average molecular weight is 591 g/mol. The average Bonchev–Trinajstić information content (AvgIpc) is 3.39. The number of hydrogen-bond acceptors (Lipinski definition) is 7. The number of primary amides is 1. The van der Waals surface area contributed by atoms with Gasteiger partial charge in [-0.05, 0) is 61.1 Å². The van der Waals surface area contributed by atoms with E-state index in [1.165, 1.54) is 6.07 Å². The number of rotatable bonds is 4. The zero-order chi connectivity index (χ0) is 30.9. The van der Waals surface area contributed by atoms with Crippen LogP contribution in [0.2, 0.25) is 0 Å². The summed E-state index contributed by atoms with van der Waals surface area (Å²) in [7, 11) is 0. The number of aromatic hydroxyl groups is 1. The minimum atomic E-state index is -1.44. The molecule has 4 N–H and O–H groups in total. The Morgan fingerprint density at radius 1 is 0.909 bits per heavy atom. The molecule has 2 aliphatic heterocycles. The van der Waals surface area contributed by atoms with Gasteiger partial charge in [-0.3, -0.25) is 24.6 Å². The Bertz CT molecular complexity index is 1770. The number of phenols is 1. The number of fused-ring (bicyclic) bond motifs is 4. The van der Waals surface area contributed by atoms with Crippen molar-refractivity contribution in [1.82, 2.24) is 9.91 Å². The first-order chi connectivity index (χ1) is 21.1. The second-order valence-electron chi connectivity index (χ2n) is 12.0. The van der Waals surface area contributed by atoms with E-state index in [0.717, 1.165) is 16.1 Å². The normalized spacial score (nSPS) is 29.2. The van der Waals surface area contributed by atoms with Crippen LogP contribution in [0.1, 0.15) is 35.4 Å². The number of likely N-dealkylation sites (tertiary alicyclic amines) is 1. The van der Waals surface area contributed by atoms with Gasteiger partial charge in [-0.2, -0.15) is 9.91 Å². The van der Waals surface area contributed by atoms with Crippen LogP contribution in [-0.2, 0) is 24.6 Å². The third-order valence-corrected chi connectivity index (χ3v) is 9.82. The van der Waals surface area contributed by atoms with E-state index in [4.69, 9.17) is 5.73 Å². The molecule has 2 aliphatic carbocycles. The van der Waals surface area contributed by atoms with Gasteiger partial charge in [0.25, 0.3) is 11.8 Å². The number of nitrogens with zero attached hydrogens (tertiary/aromatic N) is 2. The molecule has 2 heterocycles. The highest BCUT2D eigenvalue weighted by atomic mass is 16.3. The number of nitrogens with one attached hydrogen (secondary N) is 1. The van der Waals surface area contributed by atoms with E-state index in [1.54, 1.807) is 30.3 Å². The molecule has 6 amide bonds. The molecule has 3 aromatic rings. The maximum atomic E-state index is 14.9. The number of hydrazine groups is 1. The Kier molecular flexibility index (Phi) is 6.21. The molecule has 0 bridgehead atoms. The molecule has 3 aromatic carbocycles. The summed E-state index contributed by atoms with van der Waals surface area (Å²) >= 11 is 0. The van der Waals surface area contributed by atoms with Gasteiger partial charge in [0.2, 0.25) is 11.8 Å². The molecule has 0 radical (unpaired) electrons. The van der Waals surface area contributed by atoms with Gasteiger partial charge in [0.05, 0.1) is 28.9 Å². The van der Waals surface area contributed by atoms with Crippen molar-refractivity contribution in [3.05, 3.63) is 107 Å². The quantitative estimate of drug-likeness (QED) is 0.309. The summed E-state index contributed by atoms with van der Waals surface area (Å²) in [6, 6.07) is 21.9. The first-order valence-electron chi connectivity index (χ1n) is 14.6. The van der Waals surface area contributed by atoms with Crippen molar-refractivity contribution in [3.63, 3.8) is 0 Å². The van der Waals surface area contributed by atoms with Gasteiger partial charge in [0, 0.05) is 5.92 Å². The third kappa shape index (κ3) is 3.76. The number of anilines is 1. The summed E-state index contributed by atoms with van der Waals surface area (Å²) in [5.74, 6) is -6.31. The van der Waals surface area contributed by atoms with Crippen LogP contribution in [0.3, 0.4) is 0 Å². The van der Waals surface area contributed by atoms with E-state index in [-0.39, 0.29) is 18.6 Å². The standard InChI is InChI=1S/C34H30N4O6/c1-18-10-12-21(13-11-18)36-38-30(41)26-17-25-23(14-15-24-27(25)31(42)37(29(24)40)33(35)44)28(19-6-5-9-22(39)16-19)34(26,32(38)43)20-7-3-2-4-8-20/h2-14,16,24-28,36,39H,15,17H2,1H3,(H2,35,44). The summed E-state index contributed by atoms with van der Waals surface area (Å²) < 4.78 is 0. The highest BCUT2D eigenvalue weighted by Gasteiger charge is 2.70. The molecule has 222 valence electrons. The highest BCUT2D eigenvalue weighted by molar-refractivity contribution is 6.17. The first-order valence-corrected chi connectivity index (χ1v) is 14.6. The summed E-state index contributed by atoms with van der Waals surface area (Å²) in [5.41, 5.74) is 10.6. The van der Waals surface area contributed by atoms with Crippen molar-refractivity contribution in [2.45, 2.75) is 31.1 Å². The zero-order valence-electron chi connectivity index (χ0n) is 23.8. The number of imide groups is 4. The second kappa shape index (κ2) is 9.90. The van der Waals surface area contributed by atoms with Crippen LogP contribution in [-0.4, -0.2) is 44.7 Å². The Morgan fingerprint density at radius 3 is 2.32 bits per heavy atom. The molecule has 2 saturated heterocycles. The zero-order valence-corrected chi connectivity index (χ0v) is 23.8. The van der Waals surface area contributed by atoms with Crippen molar-refractivity contribution in [1.29, 1.82) is 0 Å². The summed E-state index contributed by atoms with van der Waals surface area (Å²) in [6.07, 6.45) is 2.15. The van der Waals surface area contributed by atoms with E-state index >= 15 is 0 Å². The molecule has 44 heavy (non-hydrogen) atoms. The number of carbonyl (C=O) groups is 5. The number of amides is 6. The van der Waals surface area contributed by atoms with Crippen LogP contribution in [0.25, 0.3) is 0 Å². The fourth-order valence-corrected chi connectivity index (χ4v) is 8.04. The predicted octanol–water partition coefficient (Wildman–Crippen LogP) is 3.76. The fourth-order valence-electron chi connectivity index (χ4n) is 8.04. The maximum Gasteiger partial charge on any atom is 0.328 e. The van der Waals surface area contributed by atoms with Gasteiger partial charge in [-0.25, -0.2) is 4.79 Å². The van der Waals surface area contributed by atoms with E-state index in [9.17, 15) is 29.1 Å². The molecule has 6 unspecified atom stereocenters. The molecule has 3 fully saturated rings. The minimum absolute atomic E-state index is 0.0166. The van der Waals surface area contributed by atoms with Crippen LogP contribution < -0.4 is 11.2 Å². The van der Waals surface area contributed by atoms with E-state index in [2.05, 4.69) is 5.43 Å². The number of benzene rings is 3. The van der Waals surface area contributed by atoms with Crippen LogP contribution >= 0.6 is 0 Å². The SMILES string of the molecule is Cc1ccc(NN2C(=O)C3CC4C(=CCC5C(=O)N(C(N)=O)C(=O)C54)C(c4cccc(O)c4)C3(c3ccccc3)C2=O)cc1. The largest absolute Gasteiger partial charge is 0.508 e. The Labute approximate surface area is 253 Å². The van der Waals surface area contributed by atoms with Crippen molar-refractivity contribution in [2.24, 2.45) is 29.4 Å². The number of urea groups is 1. The predicted molar refractivity (Wildman–Crippen MR) is 158 cm³/mol. The molecular formula is C34H30N4O6. The molecule has 4 aliphatic rings. The third-order valence-electron chi connectivity index (χ3n) is 9.82. The Morgan fingerprint density at radius 2 is 1.64 bits per heavy atom. The fraction of sp³-hybridized carbons (Fsp3) is 0.265. The molecule has 10 heteroatoms. The number of aryl methyl sites for hydroxylation is 1. The van der Waals surface area contributed by atoms with Gasteiger partial charge in [-0.1, -0.05) is 71.8 Å². The minimum Gasteiger partial charge on any atom is -0.508 e. The number of nitrogens with two attached hydrogens (primary N) is 1. The molecule has 6 atom stereocenters.